The van der Waals surface area contributed by atoms with Crippen molar-refractivity contribution in [2.24, 2.45) is 10.9 Å². The number of hydrogen-bond acceptors (Lipinski definition) is 3. The van der Waals surface area contributed by atoms with Crippen LogP contribution in [0.15, 0.2) is 40.6 Å². The smallest absolute Gasteiger partial charge is 0.269 e. The van der Waals surface area contributed by atoms with E-state index < -0.39 is 10.8 Å². The van der Waals surface area contributed by atoms with Crippen molar-refractivity contribution in [2.45, 2.75) is 6.92 Å². The molecule has 0 bridgehead atoms. The van der Waals surface area contributed by atoms with Gasteiger partial charge in [0, 0.05) is 17.9 Å². The van der Waals surface area contributed by atoms with Crippen molar-refractivity contribution < 1.29 is 9.72 Å². The minimum absolute atomic E-state index is 0.000000000000000444. The van der Waals surface area contributed by atoms with Gasteiger partial charge in [-0.2, -0.15) is 0 Å². The Morgan fingerprint density at radius 2 is 2.20 bits per heavy atom. The summed E-state index contributed by atoms with van der Waals surface area (Å²) in [6.07, 6.45) is 5.97. The fourth-order valence-corrected chi connectivity index (χ4v) is 1.60. The normalized spacial score (nSPS) is 23.9. The lowest BCUT2D eigenvalue weighted by Gasteiger charge is -2.17. The van der Waals surface area contributed by atoms with E-state index in [1.54, 1.807) is 13.0 Å². The van der Waals surface area contributed by atoms with Gasteiger partial charge in [-0.3, -0.25) is 14.9 Å². The number of hydrogen-bond donors (Lipinski definition) is 0. The highest BCUT2D eigenvalue weighted by Crippen LogP contribution is 2.26. The van der Waals surface area contributed by atoms with Crippen LogP contribution in [0.4, 0.5) is 0 Å². The van der Waals surface area contributed by atoms with Gasteiger partial charge in [0.15, 0.2) is 0 Å². The van der Waals surface area contributed by atoms with Gasteiger partial charge in [-0.05, 0) is 18.6 Å². The second-order valence-corrected chi connectivity index (χ2v) is 3.40. The number of fused-ring (bicyclic) bond motifs is 1. The van der Waals surface area contributed by atoms with Gasteiger partial charge >= 0.3 is 0 Å². The van der Waals surface area contributed by atoms with Crippen LogP contribution in [0.2, 0.25) is 0 Å². The first-order chi connectivity index (χ1) is 7.08. The largest absolute Gasteiger partial charge is 0.272 e. The molecule has 2 rings (SSSR count). The summed E-state index contributed by atoms with van der Waals surface area (Å²) in [7, 11) is 0. The summed E-state index contributed by atoms with van der Waals surface area (Å²) in [6.45, 7) is 1.69. The number of amides is 1. The maximum atomic E-state index is 11.4. The molecular formula is C10H8N2O3. The topological polar surface area (TPSA) is 72.6 Å². The SMILES string of the molecule is CC1=NC(=O)C2C=CC([N+](=O)[O-])=CC2=C1. The number of allylic oxidation sites excluding steroid dienone is 3. The molecule has 0 fully saturated rings. The molecule has 1 aliphatic carbocycles. The number of nitro groups is 1. The molecule has 0 saturated carbocycles. The van der Waals surface area contributed by atoms with Crippen LogP contribution in [0.5, 0.6) is 0 Å². The van der Waals surface area contributed by atoms with Gasteiger partial charge in [-0.25, -0.2) is 4.99 Å². The number of nitrogens with zero attached hydrogens (tertiary/aromatic N) is 2. The van der Waals surface area contributed by atoms with E-state index in [0.29, 0.717) is 11.3 Å². The molecule has 1 amide bonds. The number of carbonyl (C=O) groups is 1. The zero-order valence-corrected chi connectivity index (χ0v) is 8.01. The van der Waals surface area contributed by atoms with Gasteiger partial charge < -0.3 is 0 Å². The Morgan fingerprint density at radius 1 is 1.47 bits per heavy atom. The van der Waals surface area contributed by atoms with Crippen LogP contribution in [0.3, 0.4) is 0 Å². The Balaban J connectivity index is 2.43. The van der Waals surface area contributed by atoms with E-state index >= 15 is 0 Å². The minimum atomic E-state index is -0.473. The van der Waals surface area contributed by atoms with Crippen LogP contribution in [0.25, 0.3) is 0 Å². The summed E-state index contributed by atoms with van der Waals surface area (Å²) in [4.78, 5) is 25.3. The van der Waals surface area contributed by atoms with Crippen LogP contribution >= 0.6 is 0 Å². The van der Waals surface area contributed by atoms with E-state index in [2.05, 4.69) is 4.99 Å². The molecule has 1 unspecified atom stereocenters. The van der Waals surface area contributed by atoms with Gasteiger partial charge in [-0.1, -0.05) is 6.08 Å². The molecule has 1 heterocycles. The Labute approximate surface area is 85.7 Å². The highest BCUT2D eigenvalue weighted by Gasteiger charge is 2.27. The van der Waals surface area contributed by atoms with Gasteiger partial charge in [0.1, 0.15) is 0 Å². The van der Waals surface area contributed by atoms with E-state index in [9.17, 15) is 14.9 Å². The van der Waals surface area contributed by atoms with E-state index in [1.165, 1.54) is 18.2 Å². The maximum absolute atomic E-state index is 11.4. The van der Waals surface area contributed by atoms with Crippen molar-refractivity contribution in [1.29, 1.82) is 0 Å². The lowest BCUT2D eigenvalue weighted by atomic mass is 9.90. The Kier molecular flexibility index (Phi) is 2.07. The highest BCUT2D eigenvalue weighted by atomic mass is 16.6. The lowest BCUT2D eigenvalue weighted by molar-refractivity contribution is -0.419. The Morgan fingerprint density at radius 3 is 2.87 bits per heavy atom. The molecule has 0 aromatic carbocycles. The van der Waals surface area contributed by atoms with Crippen molar-refractivity contribution >= 4 is 11.6 Å². The van der Waals surface area contributed by atoms with E-state index in [-0.39, 0.29) is 11.6 Å². The van der Waals surface area contributed by atoms with Crippen LogP contribution in [0.1, 0.15) is 6.92 Å². The molecule has 15 heavy (non-hydrogen) atoms. The average molecular weight is 204 g/mol. The summed E-state index contributed by atoms with van der Waals surface area (Å²) in [5, 5.41) is 10.5. The van der Waals surface area contributed by atoms with E-state index in [1.807, 2.05) is 0 Å². The van der Waals surface area contributed by atoms with Crippen molar-refractivity contribution in [1.82, 2.24) is 0 Å². The number of aliphatic imine (C=N–C) groups is 1. The second-order valence-electron chi connectivity index (χ2n) is 3.40. The van der Waals surface area contributed by atoms with Crippen molar-refractivity contribution in [3.05, 3.63) is 45.7 Å². The first kappa shape index (κ1) is 9.51. The molecule has 76 valence electrons. The predicted molar refractivity (Wildman–Crippen MR) is 53.9 cm³/mol. The fourth-order valence-electron chi connectivity index (χ4n) is 1.60. The molecule has 0 spiro atoms. The molecule has 2 aliphatic rings. The first-order valence-electron chi connectivity index (χ1n) is 4.43. The number of carbonyl (C=O) groups excluding carboxylic acids is 1. The van der Waals surface area contributed by atoms with Crippen LogP contribution in [-0.4, -0.2) is 16.5 Å². The monoisotopic (exact) mass is 204 g/mol. The van der Waals surface area contributed by atoms with Crippen LogP contribution < -0.4 is 0 Å². The molecular weight excluding hydrogens is 196 g/mol. The van der Waals surface area contributed by atoms with E-state index in [0.717, 1.165) is 0 Å². The third-order valence-electron chi connectivity index (χ3n) is 2.27. The third-order valence-corrected chi connectivity index (χ3v) is 2.27. The zero-order chi connectivity index (χ0) is 11.0. The zero-order valence-electron chi connectivity index (χ0n) is 8.01. The summed E-state index contributed by atoms with van der Waals surface area (Å²) < 4.78 is 0. The predicted octanol–water partition coefficient (Wildman–Crippen LogP) is 1.26. The van der Waals surface area contributed by atoms with Crippen LogP contribution in [0, 0.1) is 16.0 Å². The third kappa shape index (κ3) is 1.63. The molecule has 5 heteroatoms. The summed E-state index contributed by atoms with van der Waals surface area (Å²) in [5.41, 5.74) is 1.22. The fraction of sp³-hybridized carbons (Fsp3) is 0.200. The minimum Gasteiger partial charge on any atom is -0.272 e. The molecule has 0 aromatic heterocycles. The van der Waals surface area contributed by atoms with Gasteiger partial charge in [-0.15, -0.1) is 0 Å². The lowest BCUT2D eigenvalue weighted by Crippen LogP contribution is -2.20. The standard InChI is InChI=1S/C10H8N2O3/c1-6-4-7-5-8(12(14)15)2-3-9(7)10(13)11-6/h2-5,9H,1H3. The molecule has 1 aliphatic heterocycles. The molecule has 5 nitrogen and oxygen atoms in total. The van der Waals surface area contributed by atoms with E-state index in [4.69, 9.17) is 0 Å². The number of rotatable bonds is 1. The molecule has 0 N–H and O–H groups in total. The number of dihydropyridines is 1. The molecule has 0 saturated heterocycles. The van der Waals surface area contributed by atoms with Crippen molar-refractivity contribution in [3.63, 3.8) is 0 Å². The van der Waals surface area contributed by atoms with Gasteiger partial charge in [0.25, 0.3) is 11.6 Å². The summed E-state index contributed by atoms with van der Waals surface area (Å²) in [6, 6.07) is 0. The van der Waals surface area contributed by atoms with Gasteiger partial charge in [0.05, 0.1) is 10.8 Å². The van der Waals surface area contributed by atoms with Gasteiger partial charge in [0.2, 0.25) is 0 Å². The molecule has 0 radical (unpaired) electrons. The van der Waals surface area contributed by atoms with Crippen molar-refractivity contribution in [3.8, 4) is 0 Å². The Bertz CT molecular complexity index is 469. The molecule has 0 aromatic rings. The van der Waals surface area contributed by atoms with Crippen LogP contribution in [-0.2, 0) is 4.79 Å². The highest BCUT2D eigenvalue weighted by molar-refractivity contribution is 6.07. The summed E-state index contributed by atoms with van der Waals surface area (Å²) in [5.74, 6) is -0.711. The maximum Gasteiger partial charge on any atom is 0.269 e. The summed E-state index contributed by atoms with van der Waals surface area (Å²) >= 11 is 0. The quantitative estimate of drug-likeness (QED) is 0.476. The second kappa shape index (κ2) is 3.27. The Hall–Kier alpha value is -2.04. The average Bonchev–Trinajstić information content (AvgIpc) is 2.16. The van der Waals surface area contributed by atoms with Crippen molar-refractivity contribution in [2.75, 3.05) is 0 Å². The first-order valence-corrected chi connectivity index (χ1v) is 4.43. The molecule has 1 atom stereocenters.